The van der Waals surface area contributed by atoms with Crippen molar-refractivity contribution in [3.05, 3.63) is 48.3 Å². The van der Waals surface area contributed by atoms with Gasteiger partial charge in [0.05, 0.1) is 13.7 Å². The summed E-state index contributed by atoms with van der Waals surface area (Å²) in [6, 6.07) is 9.69. The Morgan fingerprint density at radius 1 is 1.31 bits per heavy atom. The highest BCUT2D eigenvalue weighted by molar-refractivity contribution is 5.98. The number of methoxy groups -OCH3 is 1. The van der Waals surface area contributed by atoms with Crippen molar-refractivity contribution in [2.75, 3.05) is 20.2 Å². The first kappa shape index (κ1) is 16.4. The fourth-order valence-corrected chi connectivity index (χ4v) is 3.24. The quantitative estimate of drug-likeness (QED) is 0.781. The minimum Gasteiger partial charge on any atom is -0.472 e. The topological polar surface area (TPSA) is 80.3 Å². The molecule has 7 heteroatoms. The number of aromatic nitrogens is 3. The Morgan fingerprint density at radius 2 is 2.23 bits per heavy atom. The number of likely N-dealkylation sites (tertiary alicyclic amines) is 1. The fraction of sp³-hybridized carbons (Fsp3) is 0.316. The van der Waals surface area contributed by atoms with E-state index in [1.807, 2.05) is 35.4 Å². The molecule has 1 aromatic carbocycles. The molecule has 4 rings (SSSR count). The SMILES string of the molecule is COc1nccc(OC2CCCN(C(=O)c3ccc4cc[nH]c4c3)C2)n1. The molecule has 0 spiro atoms. The Hall–Kier alpha value is -3.09. The van der Waals surface area contributed by atoms with Crippen molar-refractivity contribution in [1.82, 2.24) is 19.9 Å². The number of hydrogen-bond acceptors (Lipinski definition) is 5. The third-order valence-corrected chi connectivity index (χ3v) is 4.55. The number of carbonyl (C=O) groups excluding carboxylic acids is 1. The first-order chi connectivity index (χ1) is 12.7. The van der Waals surface area contributed by atoms with Crippen molar-refractivity contribution in [2.24, 2.45) is 0 Å². The number of fused-ring (bicyclic) bond motifs is 1. The van der Waals surface area contributed by atoms with Crippen molar-refractivity contribution in [3.8, 4) is 11.9 Å². The molecule has 3 aromatic rings. The maximum atomic E-state index is 12.9. The average Bonchev–Trinajstić information content (AvgIpc) is 3.15. The van der Waals surface area contributed by atoms with Gasteiger partial charge in [0.15, 0.2) is 0 Å². The monoisotopic (exact) mass is 352 g/mol. The van der Waals surface area contributed by atoms with Crippen LogP contribution in [0, 0.1) is 0 Å². The molecule has 2 aromatic heterocycles. The Balaban J connectivity index is 1.46. The first-order valence-electron chi connectivity index (χ1n) is 8.63. The summed E-state index contributed by atoms with van der Waals surface area (Å²) in [6.45, 7) is 1.27. The third kappa shape index (κ3) is 3.33. The van der Waals surface area contributed by atoms with E-state index >= 15 is 0 Å². The van der Waals surface area contributed by atoms with Crippen LogP contribution in [0.1, 0.15) is 23.2 Å². The number of ether oxygens (including phenoxy) is 2. The Morgan fingerprint density at radius 3 is 3.12 bits per heavy atom. The van der Waals surface area contributed by atoms with Gasteiger partial charge in [-0.25, -0.2) is 4.98 Å². The number of piperidine rings is 1. The second-order valence-electron chi connectivity index (χ2n) is 6.29. The molecule has 0 aliphatic carbocycles. The van der Waals surface area contributed by atoms with Crippen LogP contribution in [-0.4, -0.2) is 52.1 Å². The number of amides is 1. The van der Waals surface area contributed by atoms with E-state index in [-0.39, 0.29) is 18.0 Å². The molecule has 1 atom stereocenters. The second-order valence-corrected chi connectivity index (χ2v) is 6.29. The van der Waals surface area contributed by atoms with Crippen molar-refractivity contribution in [3.63, 3.8) is 0 Å². The summed E-state index contributed by atoms with van der Waals surface area (Å²) in [7, 11) is 1.51. The van der Waals surface area contributed by atoms with Gasteiger partial charge in [-0.1, -0.05) is 6.07 Å². The van der Waals surface area contributed by atoms with Gasteiger partial charge in [0, 0.05) is 36.1 Å². The number of aromatic amines is 1. The van der Waals surface area contributed by atoms with Crippen LogP contribution in [0.5, 0.6) is 11.9 Å². The Kier molecular flexibility index (Phi) is 4.43. The summed E-state index contributed by atoms with van der Waals surface area (Å²) in [5.74, 6) is 0.485. The zero-order valence-corrected chi connectivity index (χ0v) is 14.5. The predicted molar refractivity (Wildman–Crippen MR) is 96.4 cm³/mol. The van der Waals surface area contributed by atoms with Crippen LogP contribution >= 0.6 is 0 Å². The zero-order valence-electron chi connectivity index (χ0n) is 14.5. The molecule has 1 fully saturated rings. The molecule has 7 nitrogen and oxygen atoms in total. The summed E-state index contributed by atoms with van der Waals surface area (Å²) in [6.07, 6.45) is 5.15. The normalized spacial score (nSPS) is 17.3. The molecular formula is C19H20N4O3. The van der Waals surface area contributed by atoms with E-state index in [0.717, 1.165) is 30.3 Å². The fourth-order valence-electron chi connectivity index (χ4n) is 3.24. The third-order valence-electron chi connectivity index (χ3n) is 4.55. The van der Waals surface area contributed by atoms with Crippen molar-refractivity contribution >= 4 is 16.8 Å². The molecule has 1 N–H and O–H groups in total. The van der Waals surface area contributed by atoms with E-state index in [1.165, 1.54) is 7.11 Å². The van der Waals surface area contributed by atoms with Crippen LogP contribution in [-0.2, 0) is 0 Å². The lowest BCUT2D eigenvalue weighted by Gasteiger charge is -2.32. The minimum absolute atomic E-state index is 0.0232. The smallest absolute Gasteiger partial charge is 0.319 e. The lowest BCUT2D eigenvalue weighted by atomic mass is 10.1. The summed E-state index contributed by atoms with van der Waals surface area (Å²) in [5.41, 5.74) is 1.65. The average molecular weight is 352 g/mol. The van der Waals surface area contributed by atoms with Crippen LogP contribution in [0.15, 0.2) is 42.7 Å². The second kappa shape index (κ2) is 7.03. The van der Waals surface area contributed by atoms with E-state index in [0.29, 0.717) is 18.0 Å². The van der Waals surface area contributed by atoms with Gasteiger partial charge in [0.25, 0.3) is 5.91 Å². The van der Waals surface area contributed by atoms with E-state index in [2.05, 4.69) is 15.0 Å². The molecule has 134 valence electrons. The number of carbonyl (C=O) groups is 1. The standard InChI is InChI=1S/C19H20N4O3/c1-25-19-21-9-7-17(22-19)26-15-3-2-10-23(12-15)18(24)14-5-4-13-6-8-20-16(13)11-14/h4-9,11,15,20H,2-3,10,12H2,1H3. The van der Waals surface area contributed by atoms with Crippen molar-refractivity contribution < 1.29 is 14.3 Å². The highest BCUT2D eigenvalue weighted by Gasteiger charge is 2.26. The Labute approximate surface area is 151 Å². The van der Waals surface area contributed by atoms with E-state index in [1.54, 1.807) is 12.3 Å². The summed E-state index contributed by atoms with van der Waals surface area (Å²) in [5, 5.41) is 1.10. The van der Waals surface area contributed by atoms with Crippen molar-refractivity contribution in [1.29, 1.82) is 0 Å². The van der Waals surface area contributed by atoms with Crippen molar-refractivity contribution in [2.45, 2.75) is 18.9 Å². The minimum atomic E-state index is -0.0958. The molecule has 0 radical (unpaired) electrons. The molecule has 1 saturated heterocycles. The molecule has 0 bridgehead atoms. The van der Waals surface area contributed by atoms with Gasteiger partial charge in [-0.15, -0.1) is 0 Å². The van der Waals surface area contributed by atoms with Gasteiger partial charge in [-0.2, -0.15) is 4.98 Å². The number of H-pyrrole nitrogens is 1. The summed E-state index contributed by atoms with van der Waals surface area (Å²) >= 11 is 0. The van der Waals surface area contributed by atoms with Gasteiger partial charge in [-0.3, -0.25) is 4.79 Å². The summed E-state index contributed by atoms with van der Waals surface area (Å²) in [4.78, 5) is 26.0. The number of benzene rings is 1. The molecule has 1 aliphatic rings. The van der Waals surface area contributed by atoms with E-state index in [4.69, 9.17) is 9.47 Å². The Bertz CT molecular complexity index is 924. The van der Waals surface area contributed by atoms with Crippen LogP contribution in [0.3, 0.4) is 0 Å². The lowest BCUT2D eigenvalue weighted by Crippen LogP contribution is -2.44. The maximum absolute atomic E-state index is 12.9. The largest absolute Gasteiger partial charge is 0.472 e. The van der Waals surface area contributed by atoms with Gasteiger partial charge >= 0.3 is 6.01 Å². The summed E-state index contributed by atoms with van der Waals surface area (Å²) < 4.78 is 11.0. The van der Waals surface area contributed by atoms with Crippen LogP contribution in [0.4, 0.5) is 0 Å². The van der Waals surface area contributed by atoms with Gasteiger partial charge in [0.2, 0.25) is 5.88 Å². The number of rotatable bonds is 4. The van der Waals surface area contributed by atoms with E-state index < -0.39 is 0 Å². The van der Waals surface area contributed by atoms with Crippen LogP contribution in [0.2, 0.25) is 0 Å². The highest BCUT2D eigenvalue weighted by Crippen LogP contribution is 2.21. The van der Waals surface area contributed by atoms with E-state index in [9.17, 15) is 4.79 Å². The number of nitrogens with zero attached hydrogens (tertiary/aromatic N) is 3. The number of nitrogens with one attached hydrogen (secondary N) is 1. The molecule has 0 saturated carbocycles. The maximum Gasteiger partial charge on any atom is 0.319 e. The number of hydrogen-bond donors (Lipinski definition) is 1. The van der Waals surface area contributed by atoms with Crippen LogP contribution in [0.25, 0.3) is 10.9 Å². The molecule has 3 heterocycles. The highest BCUT2D eigenvalue weighted by atomic mass is 16.5. The lowest BCUT2D eigenvalue weighted by molar-refractivity contribution is 0.0526. The zero-order chi connectivity index (χ0) is 17.9. The first-order valence-corrected chi connectivity index (χ1v) is 8.63. The van der Waals surface area contributed by atoms with Crippen LogP contribution < -0.4 is 9.47 Å². The molecule has 1 amide bonds. The molecule has 1 unspecified atom stereocenters. The van der Waals surface area contributed by atoms with Gasteiger partial charge in [-0.05, 0) is 36.4 Å². The van der Waals surface area contributed by atoms with Gasteiger partial charge < -0.3 is 19.4 Å². The predicted octanol–water partition coefficient (Wildman–Crippen LogP) is 2.65. The molecule has 1 aliphatic heterocycles. The van der Waals surface area contributed by atoms with Gasteiger partial charge in [0.1, 0.15) is 6.10 Å². The molecular weight excluding hydrogens is 332 g/mol. The molecule has 26 heavy (non-hydrogen) atoms.